The van der Waals surface area contributed by atoms with Crippen LogP contribution in [-0.4, -0.2) is 38.8 Å². The molecule has 1 rings (SSSR count). The van der Waals surface area contributed by atoms with Gasteiger partial charge in [0.05, 0.1) is 7.85 Å². The molecule has 1 saturated carbocycles. The summed E-state index contributed by atoms with van der Waals surface area (Å²) in [6.07, 6.45) is 5.93. The zero-order valence-electron chi connectivity index (χ0n) is 12.9. The van der Waals surface area contributed by atoms with E-state index >= 15 is 0 Å². The van der Waals surface area contributed by atoms with Gasteiger partial charge in [-0.1, -0.05) is 57.6 Å². The molecule has 0 bridgehead atoms. The fourth-order valence-electron chi connectivity index (χ4n) is 2.66. The van der Waals surface area contributed by atoms with Gasteiger partial charge in [-0.2, -0.15) is 0 Å². The minimum atomic E-state index is 0.0650. The molecular formula is C15H30BNS. The summed E-state index contributed by atoms with van der Waals surface area (Å²) in [4.78, 5) is 2.18. The molecule has 0 aromatic rings. The Morgan fingerprint density at radius 1 is 1.39 bits per heavy atom. The van der Waals surface area contributed by atoms with Crippen molar-refractivity contribution in [3.63, 3.8) is 0 Å². The van der Waals surface area contributed by atoms with E-state index in [1.807, 2.05) is 5.37 Å². The predicted molar refractivity (Wildman–Crippen MR) is 87.7 cm³/mol. The van der Waals surface area contributed by atoms with Crippen molar-refractivity contribution in [3.05, 3.63) is 0 Å². The Morgan fingerprint density at radius 3 is 2.33 bits per heavy atom. The molecule has 0 aliphatic heterocycles. The lowest BCUT2D eigenvalue weighted by Crippen LogP contribution is -2.28. The van der Waals surface area contributed by atoms with Gasteiger partial charge >= 0.3 is 0 Å². The van der Waals surface area contributed by atoms with Crippen LogP contribution in [0, 0.1) is 11.8 Å². The van der Waals surface area contributed by atoms with Crippen LogP contribution < -0.4 is 0 Å². The summed E-state index contributed by atoms with van der Waals surface area (Å²) < 4.78 is 0. The van der Waals surface area contributed by atoms with Gasteiger partial charge in [0.15, 0.2) is 0 Å². The third-order valence-corrected chi connectivity index (χ3v) is 4.10. The molecule has 2 radical (unpaired) electrons. The zero-order chi connectivity index (χ0) is 14.2. The van der Waals surface area contributed by atoms with Crippen LogP contribution in [0.25, 0.3) is 0 Å². The Labute approximate surface area is 121 Å². The van der Waals surface area contributed by atoms with Gasteiger partial charge in [-0.05, 0) is 50.7 Å². The highest BCUT2D eigenvalue weighted by Gasteiger charge is 2.31. The van der Waals surface area contributed by atoms with Crippen LogP contribution in [0.1, 0.15) is 52.9 Å². The van der Waals surface area contributed by atoms with Crippen molar-refractivity contribution in [2.75, 3.05) is 20.6 Å². The summed E-state index contributed by atoms with van der Waals surface area (Å²) in [6.45, 7) is 7.78. The summed E-state index contributed by atoms with van der Waals surface area (Å²) in [5.41, 5.74) is 0. The van der Waals surface area contributed by atoms with E-state index in [2.05, 4.69) is 39.8 Å². The minimum absolute atomic E-state index is 0.0650. The Hall–Kier alpha value is 0.115. The fourth-order valence-corrected chi connectivity index (χ4v) is 3.02. The van der Waals surface area contributed by atoms with Gasteiger partial charge in [0.1, 0.15) is 0 Å². The van der Waals surface area contributed by atoms with Gasteiger partial charge in [-0.3, -0.25) is 0 Å². The maximum Gasteiger partial charge on any atom is 0.0742 e. The lowest BCUT2D eigenvalue weighted by atomic mass is 9.56. The number of thiocarbonyl (C=S) groups is 1. The smallest absolute Gasteiger partial charge is 0.0742 e. The molecule has 1 aliphatic rings. The standard InChI is InChI=1S/C10H17BS.C5H13N/c1-3-8-6-10(2,11)5-4-9(8)7-12;1-4-5-6(2)3/h7-9H,3-6H2,1-2H3;4-5H2,1-3H3. The molecule has 0 amide bonds. The van der Waals surface area contributed by atoms with Crippen molar-refractivity contribution in [2.45, 2.75) is 58.2 Å². The van der Waals surface area contributed by atoms with Gasteiger partial charge in [-0.25, -0.2) is 0 Å². The quantitative estimate of drug-likeness (QED) is 0.557. The van der Waals surface area contributed by atoms with Gasteiger partial charge in [0.2, 0.25) is 0 Å². The highest BCUT2D eigenvalue weighted by Crippen LogP contribution is 2.45. The van der Waals surface area contributed by atoms with Gasteiger partial charge < -0.3 is 4.90 Å². The summed E-state index contributed by atoms with van der Waals surface area (Å²) >= 11 is 5.02. The van der Waals surface area contributed by atoms with E-state index in [0.29, 0.717) is 5.92 Å². The highest BCUT2D eigenvalue weighted by molar-refractivity contribution is 7.79. The van der Waals surface area contributed by atoms with Crippen molar-refractivity contribution in [2.24, 2.45) is 11.8 Å². The van der Waals surface area contributed by atoms with Crippen molar-refractivity contribution >= 4 is 25.4 Å². The van der Waals surface area contributed by atoms with Gasteiger partial charge in [0, 0.05) is 0 Å². The minimum Gasteiger partial charge on any atom is -0.309 e. The van der Waals surface area contributed by atoms with E-state index in [9.17, 15) is 0 Å². The molecule has 0 aromatic carbocycles. The SMILES string of the molecule is CCCN(C)C.[B]C1(C)CCC(C=S)C(CC)C1. The molecule has 3 atom stereocenters. The maximum absolute atomic E-state index is 6.11. The van der Waals surface area contributed by atoms with E-state index < -0.39 is 0 Å². The molecule has 3 heteroatoms. The second kappa shape index (κ2) is 9.09. The third kappa shape index (κ3) is 7.53. The first-order valence-electron chi connectivity index (χ1n) is 7.25. The number of rotatable bonds is 4. The Morgan fingerprint density at radius 2 is 2.00 bits per heavy atom. The summed E-state index contributed by atoms with van der Waals surface area (Å²) in [7, 11) is 10.3. The predicted octanol–water partition coefficient (Wildman–Crippen LogP) is 4.12. The number of nitrogens with zero attached hydrogens (tertiary/aromatic N) is 1. The van der Waals surface area contributed by atoms with Crippen LogP contribution in [0.15, 0.2) is 0 Å². The maximum atomic E-state index is 6.11. The molecule has 0 heterocycles. The second-order valence-electron chi connectivity index (χ2n) is 6.17. The summed E-state index contributed by atoms with van der Waals surface area (Å²) in [5, 5.41) is 2.01. The molecule has 104 valence electrons. The molecule has 1 aliphatic carbocycles. The Balaban J connectivity index is 0.000000411. The zero-order valence-corrected chi connectivity index (χ0v) is 13.7. The molecule has 0 N–H and O–H groups in total. The molecule has 3 unspecified atom stereocenters. The largest absolute Gasteiger partial charge is 0.309 e. The average molecular weight is 267 g/mol. The summed E-state index contributed by atoms with van der Waals surface area (Å²) in [6, 6.07) is 0. The van der Waals surface area contributed by atoms with E-state index in [4.69, 9.17) is 20.1 Å². The van der Waals surface area contributed by atoms with Gasteiger partial charge in [0.25, 0.3) is 0 Å². The Kier molecular flexibility index (Phi) is 9.15. The van der Waals surface area contributed by atoms with E-state index in [-0.39, 0.29) is 5.31 Å². The van der Waals surface area contributed by atoms with E-state index in [0.717, 1.165) is 18.8 Å². The Bertz CT molecular complexity index is 229. The molecule has 1 fully saturated rings. The van der Waals surface area contributed by atoms with Crippen molar-refractivity contribution in [1.29, 1.82) is 0 Å². The van der Waals surface area contributed by atoms with E-state index in [1.54, 1.807) is 0 Å². The lowest BCUT2D eigenvalue weighted by Gasteiger charge is -2.39. The molecule has 0 saturated heterocycles. The highest BCUT2D eigenvalue weighted by atomic mass is 32.1. The number of hydrogen-bond donors (Lipinski definition) is 0. The lowest BCUT2D eigenvalue weighted by molar-refractivity contribution is 0.249. The molecule has 1 nitrogen and oxygen atoms in total. The normalized spacial score (nSPS) is 31.7. The molecule has 0 spiro atoms. The monoisotopic (exact) mass is 267 g/mol. The van der Waals surface area contributed by atoms with Crippen molar-refractivity contribution in [1.82, 2.24) is 4.90 Å². The first-order valence-corrected chi connectivity index (χ1v) is 7.72. The second-order valence-corrected chi connectivity index (χ2v) is 6.44. The third-order valence-electron chi connectivity index (χ3n) is 3.75. The van der Waals surface area contributed by atoms with Crippen LogP contribution in [0.2, 0.25) is 5.31 Å². The summed E-state index contributed by atoms with van der Waals surface area (Å²) in [5.74, 6) is 1.37. The first kappa shape index (κ1) is 18.1. The topological polar surface area (TPSA) is 3.24 Å². The van der Waals surface area contributed by atoms with Crippen molar-refractivity contribution < 1.29 is 0 Å². The van der Waals surface area contributed by atoms with Crippen LogP contribution in [0.4, 0.5) is 0 Å². The van der Waals surface area contributed by atoms with Crippen LogP contribution >= 0.6 is 12.2 Å². The van der Waals surface area contributed by atoms with Crippen molar-refractivity contribution in [3.8, 4) is 0 Å². The average Bonchev–Trinajstić information content (AvgIpc) is 2.28. The number of hydrogen-bond acceptors (Lipinski definition) is 2. The van der Waals surface area contributed by atoms with Crippen LogP contribution in [0.5, 0.6) is 0 Å². The first-order chi connectivity index (χ1) is 8.36. The van der Waals surface area contributed by atoms with E-state index in [1.165, 1.54) is 25.8 Å². The molecule has 0 aromatic heterocycles. The fraction of sp³-hybridized carbons (Fsp3) is 0.933. The van der Waals surface area contributed by atoms with Crippen LogP contribution in [0.3, 0.4) is 0 Å². The van der Waals surface area contributed by atoms with Crippen LogP contribution in [-0.2, 0) is 0 Å². The molecular weight excluding hydrogens is 237 g/mol. The van der Waals surface area contributed by atoms with Gasteiger partial charge in [-0.15, -0.1) is 0 Å². The molecule has 18 heavy (non-hydrogen) atoms.